The van der Waals surface area contributed by atoms with Crippen molar-refractivity contribution in [3.8, 4) is 0 Å². The number of rotatable bonds is 2. The van der Waals surface area contributed by atoms with Gasteiger partial charge in [0.05, 0.1) is 16.6 Å². The summed E-state index contributed by atoms with van der Waals surface area (Å²) in [6.45, 7) is 1.89. The molecule has 3 aromatic rings. The first-order valence-corrected chi connectivity index (χ1v) is 9.91. The molecule has 29 heavy (non-hydrogen) atoms. The minimum Gasteiger partial charge on any atom is -0.324 e. The van der Waals surface area contributed by atoms with Crippen molar-refractivity contribution in [2.45, 2.75) is 13.0 Å². The maximum atomic E-state index is 13.5. The topological polar surface area (TPSA) is 49.4 Å². The van der Waals surface area contributed by atoms with Gasteiger partial charge in [0.1, 0.15) is 6.54 Å². The molecule has 1 heterocycles. The van der Waals surface area contributed by atoms with E-state index in [4.69, 9.17) is 23.2 Å². The van der Waals surface area contributed by atoms with Gasteiger partial charge in [0.15, 0.2) is 0 Å². The van der Waals surface area contributed by atoms with E-state index in [1.54, 1.807) is 17.0 Å². The zero-order chi connectivity index (χ0) is 20.5. The van der Waals surface area contributed by atoms with Gasteiger partial charge in [0, 0.05) is 16.3 Å². The highest BCUT2D eigenvalue weighted by Gasteiger charge is 2.34. The van der Waals surface area contributed by atoms with Crippen molar-refractivity contribution in [2.75, 3.05) is 11.9 Å². The van der Waals surface area contributed by atoms with Crippen molar-refractivity contribution >= 4 is 40.7 Å². The van der Waals surface area contributed by atoms with Gasteiger partial charge in [-0.2, -0.15) is 0 Å². The molecule has 0 aromatic heterocycles. The van der Waals surface area contributed by atoms with Crippen LogP contribution in [0.25, 0.3) is 0 Å². The molecule has 4 nitrogen and oxygen atoms in total. The Morgan fingerprint density at radius 3 is 2.52 bits per heavy atom. The Labute approximate surface area is 179 Å². The lowest BCUT2D eigenvalue weighted by atomic mass is 9.94. The van der Waals surface area contributed by atoms with Crippen molar-refractivity contribution in [3.63, 3.8) is 0 Å². The third kappa shape index (κ3) is 3.86. The highest BCUT2D eigenvalue weighted by Crippen LogP contribution is 2.37. The number of aryl methyl sites for hydroxylation is 1. The number of amides is 2. The summed E-state index contributed by atoms with van der Waals surface area (Å²) in [4.78, 5) is 27.7. The molecule has 0 spiro atoms. The van der Waals surface area contributed by atoms with Gasteiger partial charge in [-0.1, -0.05) is 71.2 Å². The molecule has 6 heteroatoms. The van der Waals surface area contributed by atoms with E-state index >= 15 is 0 Å². The third-order valence-corrected chi connectivity index (χ3v) is 5.49. The molecule has 146 valence electrons. The maximum Gasteiger partial charge on any atom is 0.256 e. The summed E-state index contributed by atoms with van der Waals surface area (Å²) in [6.07, 6.45) is 0. The molecule has 0 unspecified atom stereocenters. The zero-order valence-electron chi connectivity index (χ0n) is 15.7. The van der Waals surface area contributed by atoms with Gasteiger partial charge in [-0.05, 0) is 36.8 Å². The van der Waals surface area contributed by atoms with Crippen molar-refractivity contribution in [1.82, 2.24) is 4.90 Å². The Bertz CT molecular complexity index is 1100. The lowest BCUT2D eigenvalue weighted by Crippen LogP contribution is -2.39. The molecule has 0 fully saturated rings. The van der Waals surface area contributed by atoms with Gasteiger partial charge < -0.3 is 10.2 Å². The second kappa shape index (κ2) is 7.90. The summed E-state index contributed by atoms with van der Waals surface area (Å²) in [6, 6.07) is 19.8. The molecule has 1 aliphatic heterocycles. The van der Waals surface area contributed by atoms with Crippen LogP contribution in [-0.2, 0) is 4.79 Å². The maximum absolute atomic E-state index is 13.5. The minimum atomic E-state index is -0.440. The largest absolute Gasteiger partial charge is 0.324 e. The predicted octanol–water partition coefficient (Wildman–Crippen LogP) is 5.49. The van der Waals surface area contributed by atoms with Crippen LogP contribution in [0.3, 0.4) is 0 Å². The lowest BCUT2D eigenvalue weighted by molar-refractivity contribution is -0.117. The quantitative estimate of drug-likeness (QED) is 0.591. The van der Waals surface area contributed by atoms with Crippen LogP contribution in [0.4, 0.5) is 5.69 Å². The van der Waals surface area contributed by atoms with E-state index in [9.17, 15) is 9.59 Å². The average molecular weight is 425 g/mol. The molecular formula is C23H18Cl2N2O2. The number of carbonyl (C=O) groups is 2. The standard InChI is InChI=1S/C23H18Cl2N2O2/c1-14-7-10-20-18(11-14)22(15-5-3-2-4-6-15)27(13-21(28)26-20)23(29)17-9-8-16(24)12-19(17)25/h2-12,22H,13H2,1H3,(H,26,28)/t22-/m1/s1. The smallest absolute Gasteiger partial charge is 0.256 e. The summed E-state index contributed by atoms with van der Waals surface area (Å²) in [5.41, 5.74) is 3.82. The number of halogens is 2. The molecule has 3 aromatic carbocycles. The van der Waals surface area contributed by atoms with E-state index in [2.05, 4.69) is 5.32 Å². The van der Waals surface area contributed by atoms with Gasteiger partial charge in [-0.15, -0.1) is 0 Å². The molecule has 2 amide bonds. The highest BCUT2D eigenvalue weighted by molar-refractivity contribution is 6.36. The number of carbonyl (C=O) groups excluding carboxylic acids is 2. The summed E-state index contributed by atoms with van der Waals surface area (Å²) < 4.78 is 0. The summed E-state index contributed by atoms with van der Waals surface area (Å²) >= 11 is 12.3. The fourth-order valence-electron chi connectivity index (χ4n) is 3.63. The van der Waals surface area contributed by atoms with E-state index in [1.807, 2.05) is 55.5 Å². The summed E-state index contributed by atoms with van der Waals surface area (Å²) in [5.74, 6) is -0.586. The monoisotopic (exact) mass is 424 g/mol. The molecule has 1 aliphatic rings. The fourth-order valence-corrected chi connectivity index (χ4v) is 4.12. The van der Waals surface area contributed by atoms with Gasteiger partial charge >= 0.3 is 0 Å². The van der Waals surface area contributed by atoms with Crippen LogP contribution in [-0.4, -0.2) is 23.3 Å². The average Bonchev–Trinajstić information content (AvgIpc) is 2.84. The molecule has 1 atom stereocenters. The number of nitrogens with zero attached hydrogens (tertiary/aromatic N) is 1. The number of nitrogens with one attached hydrogen (secondary N) is 1. The lowest BCUT2D eigenvalue weighted by Gasteiger charge is -2.31. The van der Waals surface area contributed by atoms with Crippen LogP contribution in [0.1, 0.15) is 33.1 Å². The summed E-state index contributed by atoms with van der Waals surface area (Å²) in [5, 5.41) is 3.62. The number of benzene rings is 3. The van der Waals surface area contributed by atoms with Crippen molar-refractivity contribution in [3.05, 3.63) is 99.0 Å². The van der Waals surface area contributed by atoms with E-state index < -0.39 is 6.04 Å². The Kier molecular flexibility index (Phi) is 5.31. The van der Waals surface area contributed by atoms with E-state index in [1.165, 1.54) is 6.07 Å². The highest BCUT2D eigenvalue weighted by atomic mass is 35.5. The molecular weight excluding hydrogens is 407 g/mol. The number of hydrogen-bond donors (Lipinski definition) is 1. The minimum absolute atomic E-state index is 0.0922. The Morgan fingerprint density at radius 1 is 1.03 bits per heavy atom. The van der Waals surface area contributed by atoms with Crippen molar-refractivity contribution in [2.24, 2.45) is 0 Å². The van der Waals surface area contributed by atoms with Gasteiger partial charge in [0.2, 0.25) is 5.91 Å². The van der Waals surface area contributed by atoms with Gasteiger partial charge in [-0.25, -0.2) is 0 Å². The SMILES string of the molecule is Cc1ccc2c(c1)[C@@H](c1ccccc1)N(C(=O)c1ccc(Cl)cc1Cl)CC(=O)N2. The molecule has 1 N–H and O–H groups in total. The number of hydrogen-bond acceptors (Lipinski definition) is 2. The van der Waals surface area contributed by atoms with Gasteiger partial charge in [0.25, 0.3) is 5.91 Å². The Balaban J connectivity index is 1.90. The Morgan fingerprint density at radius 2 is 1.79 bits per heavy atom. The van der Waals surface area contributed by atoms with Crippen LogP contribution in [0.2, 0.25) is 10.0 Å². The zero-order valence-corrected chi connectivity index (χ0v) is 17.2. The molecule has 4 rings (SSSR count). The third-order valence-electron chi connectivity index (χ3n) is 4.94. The number of fused-ring (bicyclic) bond motifs is 1. The van der Waals surface area contributed by atoms with Crippen LogP contribution >= 0.6 is 23.2 Å². The number of anilines is 1. The van der Waals surface area contributed by atoms with Crippen molar-refractivity contribution in [1.29, 1.82) is 0 Å². The first-order chi connectivity index (χ1) is 13.9. The Hall–Kier alpha value is -2.82. The van der Waals surface area contributed by atoms with E-state index in [0.717, 1.165) is 16.7 Å². The van der Waals surface area contributed by atoms with E-state index in [0.29, 0.717) is 16.3 Å². The predicted molar refractivity (Wildman–Crippen MR) is 116 cm³/mol. The van der Waals surface area contributed by atoms with Crippen LogP contribution < -0.4 is 5.32 Å². The second-order valence-electron chi connectivity index (χ2n) is 7.01. The van der Waals surface area contributed by atoms with Gasteiger partial charge in [-0.3, -0.25) is 9.59 Å². The first kappa shape index (κ1) is 19.5. The van der Waals surface area contributed by atoms with Crippen molar-refractivity contribution < 1.29 is 9.59 Å². The normalized spacial score (nSPS) is 16.0. The van der Waals surface area contributed by atoms with E-state index in [-0.39, 0.29) is 23.4 Å². The fraction of sp³-hybridized carbons (Fsp3) is 0.130. The first-order valence-electron chi connectivity index (χ1n) is 9.15. The molecule has 0 aliphatic carbocycles. The molecule has 0 radical (unpaired) electrons. The molecule has 0 saturated carbocycles. The molecule has 0 bridgehead atoms. The van der Waals surface area contributed by atoms with Crippen LogP contribution in [0.15, 0.2) is 66.7 Å². The molecule has 0 saturated heterocycles. The van der Waals surface area contributed by atoms with Crippen LogP contribution in [0.5, 0.6) is 0 Å². The second-order valence-corrected chi connectivity index (χ2v) is 7.85. The van der Waals surface area contributed by atoms with Crippen LogP contribution in [0, 0.1) is 6.92 Å². The summed E-state index contributed by atoms with van der Waals surface area (Å²) in [7, 11) is 0.